The smallest absolute Gasteiger partial charge is 0.277 e. The Kier molecular flexibility index (Phi) is 2.88. The highest BCUT2D eigenvalue weighted by Crippen LogP contribution is 2.17. The fraction of sp³-hybridized carbons (Fsp3) is 0.154. The number of thiazole rings is 1. The summed E-state index contributed by atoms with van der Waals surface area (Å²) in [5.41, 5.74) is 8.67. The molecule has 0 saturated heterocycles. The summed E-state index contributed by atoms with van der Waals surface area (Å²) >= 11 is 1.30. The fourth-order valence-electron chi connectivity index (χ4n) is 1.96. The number of para-hydroxylation sites is 1. The van der Waals surface area contributed by atoms with Crippen LogP contribution in [0.2, 0.25) is 0 Å². The van der Waals surface area contributed by atoms with Crippen molar-refractivity contribution in [2.24, 2.45) is 5.73 Å². The lowest BCUT2D eigenvalue weighted by atomic mass is 10.2. The van der Waals surface area contributed by atoms with Gasteiger partial charge < -0.3 is 5.73 Å². The Hall–Kier alpha value is -2.05. The molecule has 0 aliphatic carbocycles. The molecule has 1 atom stereocenters. The quantitative estimate of drug-likeness (QED) is 0.772. The zero-order valence-electron chi connectivity index (χ0n) is 10.3. The van der Waals surface area contributed by atoms with Crippen molar-refractivity contribution in [2.75, 3.05) is 0 Å². The summed E-state index contributed by atoms with van der Waals surface area (Å²) in [6.07, 6.45) is 0. The van der Waals surface area contributed by atoms with Gasteiger partial charge in [-0.1, -0.05) is 18.2 Å². The molecule has 0 fully saturated rings. The molecule has 6 heteroatoms. The summed E-state index contributed by atoms with van der Waals surface area (Å²) in [6.45, 7) is 1.80. The molecule has 3 rings (SSSR count). The molecule has 1 unspecified atom stereocenters. The van der Waals surface area contributed by atoms with Gasteiger partial charge in [-0.15, -0.1) is 11.3 Å². The highest BCUT2D eigenvalue weighted by atomic mass is 32.1. The van der Waals surface area contributed by atoms with E-state index in [1.54, 1.807) is 17.0 Å². The van der Waals surface area contributed by atoms with E-state index in [2.05, 4.69) is 9.97 Å². The Bertz CT molecular complexity index is 776. The van der Waals surface area contributed by atoms with Crippen LogP contribution in [0.4, 0.5) is 0 Å². The van der Waals surface area contributed by atoms with Crippen molar-refractivity contribution in [3.8, 4) is 5.69 Å². The molecular formula is C13H12N4OS. The minimum absolute atomic E-state index is 0.119. The third kappa shape index (κ3) is 1.94. The molecule has 0 aliphatic rings. The molecular weight excluding hydrogens is 260 g/mol. The van der Waals surface area contributed by atoms with Crippen LogP contribution in [-0.4, -0.2) is 14.5 Å². The standard InChI is InChI=1S/C13H12N4OS/c1-8(14)12-16-11-10(19-7-15-11)13(18)17(12)9-5-3-2-4-6-9/h2-8H,14H2,1H3. The van der Waals surface area contributed by atoms with Crippen molar-refractivity contribution in [3.63, 3.8) is 0 Å². The summed E-state index contributed by atoms with van der Waals surface area (Å²) in [5.74, 6) is 0.523. The molecule has 0 aliphatic heterocycles. The number of fused-ring (bicyclic) bond motifs is 1. The number of aromatic nitrogens is 3. The number of hydrogen-bond acceptors (Lipinski definition) is 5. The fourth-order valence-corrected chi connectivity index (χ4v) is 2.62. The van der Waals surface area contributed by atoms with Crippen molar-refractivity contribution < 1.29 is 0 Å². The summed E-state index contributed by atoms with van der Waals surface area (Å²) in [6, 6.07) is 9.04. The van der Waals surface area contributed by atoms with Crippen molar-refractivity contribution in [3.05, 3.63) is 52.0 Å². The van der Waals surface area contributed by atoms with Gasteiger partial charge in [0.2, 0.25) is 0 Å². The lowest BCUT2D eigenvalue weighted by Gasteiger charge is -2.14. The Labute approximate surface area is 113 Å². The molecule has 0 amide bonds. The van der Waals surface area contributed by atoms with E-state index in [0.29, 0.717) is 16.2 Å². The minimum Gasteiger partial charge on any atom is -0.322 e. The van der Waals surface area contributed by atoms with Gasteiger partial charge in [-0.05, 0) is 19.1 Å². The average molecular weight is 272 g/mol. The first-order valence-electron chi connectivity index (χ1n) is 5.85. The molecule has 0 bridgehead atoms. The first-order chi connectivity index (χ1) is 9.18. The number of rotatable bonds is 2. The van der Waals surface area contributed by atoms with Crippen LogP contribution < -0.4 is 11.3 Å². The summed E-state index contributed by atoms with van der Waals surface area (Å²) in [4.78, 5) is 21.1. The van der Waals surface area contributed by atoms with Crippen LogP contribution in [0.1, 0.15) is 18.8 Å². The molecule has 5 nitrogen and oxygen atoms in total. The maximum Gasteiger partial charge on any atom is 0.277 e. The van der Waals surface area contributed by atoms with Crippen LogP contribution in [0.25, 0.3) is 16.0 Å². The van der Waals surface area contributed by atoms with Gasteiger partial charge in [0.05, 0.1) is 17.2 Å². The van der Waals surface area contributed by atoms with Crippen molar-refractivity contribution >= 4 is 21.7 Å². The van der Waals surface area contributed by atoms with Gasteiger partial charge in [0.15, 0.2) is 5.65 Å². The highest BCUT2D eigenvalue weighted by Gasteiger charge is 2.16. The SMILES string of the molecule is CC(N)c1nc2ncsc2c(=O)n1-c1ccccc1. The van der Waals surface area contributed by atoms with E-state index >= 15 is 0 Å². The van der Waals surface area contributed by atoms with Gasteiger partial charge in [0.1, 0.15) is 10.5 Å². The number of hydrogen-bond donors (Lipinski definition) is 1. The van der Waals surface area contributed by atoms with Crippen LogP contribution in [0.5, 0.6) is 0 Å². The largest absolute Gasteiger partial charge is 0.322 e. The van der Waals surface area contributed by atoms with Crippen LogP contribution >= 0.6 is 11.3 Å². The average Bonchev–Trinajstić information content (AvgIpc) is 2.88. The van der Waals surface area contributed by atoms with Crippen LogP contribution in [0.15, 0.2) is 40.6 Å². The second kappa shape index (κ2) is 4.56. The van der Waals surface area contributed by atoms with Gasteiger partial charge in [-0.3, -0.25) is 9.36 Å². The van der Waals surface area contributed by atoms with E-state index in [9.17, 15) is 4.79 Å². The van der Waals surface area contributed by atoms with Gasteiger partial charge in [0, 0.05) is 0 Å². The molecule has 2 aromatic heterocycles. The Morgan fingerprint density at radius 1 is 1.32 bits per heavy atom. The molecule has 96 valence electrons. The molecule has 0 spiro atoms. The first kappa shape index (κ1) is 12.0. The van der Waals surface area contributed by atoms with Crippen molar-refractivity contribution in [1.29, 1.82) is 0 Å². The molecule has 19 heavy (non-hydrogen) atoms. The third-order valence-electron chi connectivity index (χ3n) is 2.82. The molecule has 3 aromatic rings. The monoisotopic (exact) mass is 272 g/mol. The van der Waals surface area contributed by atoms with E-state index in [0.717, 1.165) is 5.69 Å². The molecule has 0 saturated carbocycles. The lowest BCUT2D eigenvalue weighted by Crippen LogP contribution is -2.26. The second-order valence-electron chi connectivity index (χ2n) is 4.24. The summed E-state index contributed by atoms with van der Waals surface area (Å²) in [5, 5.41) is 0. The third-order valence-corrected chi connectivity index (χ3v) is 3.62. The van der Waals surface area contributed by atoms with Crippen LogP contribution in [-0.2, 0) is 0 Å². The number of nitrogens with two attached hydrogens (primary N) is 1. The van der Waals surface area contributed by atoms with Gasteiger partial charge in [0.25, 0.3) is 5.56 Å². The molecule has 2 heterocycles. The highest BCUT2D eigenvalue weighted by molar-refractivity contribution is 7.16. The Morgan fingerprint density at radius 3 is 2.74 bits per heavy atom. The molecule has 2 N–H and O–H groups in total. The van der Waals surface area contributed by atoms with Crippen LogP contribution in [0, 0.1) is 0 Å². The van der Waals surface area contributed by atoms with Crippen molar-refractivity contribution in [2.45, 2.75) is 13.0 Å². The summed E-state index contributed by atoms with van der Waals surface area (Å²) < 4.78 is 2.11. The first-order valence-corrected chi connectivity index (χ1v) is 6.73. The van der Waals surface area contributed by atoms with E-state index in [4.69, 9.17) is 5.73 Å². The number of nitrogens with zero attached hydrogens (tertiary/aromatic N) is 3. The Balaban J connectivity index is 2.41. The minimum atomic E-state index is -0.348. The normalized spacial score (nSPS) is 12.7. The zero-order chi connectivity index (χ0) is 13.4. The lowest BCUT2D eigenvalue weighted by molar-refractivity contribution is 0.695. The van der Waals surface area contributed by atoms with E-state index in [1.807, 2.05) is 30.3 Å². The zero-order valence-corrected chi connectivity index (χ0v) is 11.1. The topological polar surface area (TPSA) is 73.8 Å². The van der Waals surface area contributed by atoms with Gasteiger partial charge in [-0.25, -0.2) is 9.97 Å². The summed E-state index contributed by atoms with van der Waals surface area (Å²) in [7, 11) is 0. The second-order valence-corrected chi connectivity index (χ2v) is 5.09. The van der Waals surface area contributed by atoms with Crippen molar-refractivity contribution in [1.82, 2.24) is 14.5 Å². The maximum absolute atomic E-state index is 12.6. The van der Waals surface area contributed by atoms with Gasteiger partial charge in [-0.2, -0.15) is 0 Å². The Morgan fingerprint density at radius 2 is 2.05 bits per heavy atom. The predicted octanol–water partition coefficient (Wildman–Crippen LogP) is 1.86. The maximum atomic E-state index is 12.6. The van der Waals surface area contributed by atoms with Gasteiger partial charge >= 0.3 is 0 Å². The van der Waals surface area contributed by atoms with E-state index in [1.165, 1.54) is 11.3 Å². The number of benzene rings is 1. The predicted molar refractivity (Wildman–Crippen MR) is 75.6 cm³/mol. The van der Waals surface area contributed by atoms with E-state index < -0.39 is 0 Å². The van der Waals surface area contributed by atoms with E-state index in [-0.39, 0.29) is 11.6 Å². The molecule has 0 radical (unpaired) electrons. The van der Waals surface area contributed by atoms with Crippen LogP contribution in [0.3, 0.4) is 0 Å². The molecule has 1 aromatic carbocycles.